The summed E-state index contributed by atoms with van der Waals surface area (Å²) < 4.78 is 1.99. The van der Waals surface area contributed by atoms with Crippen LogP contribution in [0.15, 0.2) is 33.5 Å². The summed E-state index contributed by atoms with van der Waals surface area (Å²) in [5.74, 6) is 0. The standard InChI is InChI=1S/C10H4BrCl3N2O/c11-5-1-3-6(4-2-5)16-10(17)8(13)7(12)9(14)15-16/h1-4H. The lowest BCUT2D eigenvalue weighted by Gasteiger charge is -2.06. The van der Waals surface area contributed by atoms with E-state index < -0.39 is 5.56 Å². The molecule has 0 aliphatic heterocycles. The Morgan fingerprint density at radius 1 is 1.06 bits per heavy atom. The van der Waals surface area contributed by atoms with Crippen molar-refractivity contribution in [1.82, 2.24) is 9.78 Å². The molecule has 0 unspecified atom stereocenters. The van der Waals surface area contributed by atoms with E-state index >= 15 is 0 Å². The van der Waals surface area contributed by atoms with Crippen LogP contribution in [0.1, 0.15) is 0 Å². The zero-order valence-corrected chi connectivity index (χ0v) is 12.0. The van der Waals surface area contributed by atoms with Crippen molar-refractivity contribution in [3.05, 3.63) is 54.3 Å². The number of benzene rings is 1. The van der Waals surface area contributed by atoms with Crippen LogP contribution in [0.25, 0.3) is 5.69 Å². The van der Waals surface area contributed by atoms with Crippen molar-refractivity contribution in [1.29, 1.82) is 0 Å². The number of nitrogens with zero attached hydrogens (tertiary/aromatic N) is 2. The van der Waals surface area contributed by atoms with Crippen LogP contribution in [0.5, 0.6) is 0 Å². The smallest absolute Gasteiger partial charge is 0.266 e. The van der Waals surface area contributed by atoms with E-state index in [1.165, 1.54) is 0 Å². The second kappa shape index (κ2) is 4.98. The molecule has 3 nitrogen and oxygen atoms in total. The SMILES string of the molecule is O=c1c(Cl)c(Cl)c(Cl)nn1-c1ccc(Br)cc1. The number of hydrogen-bond donors (Lipinski definition) is 0. The van der Waals surface area contributed by atoms with Crippen LogP contribution in [0.2, 0.25) is 15.2 Å². The first-order valence-electron chi connectivity index (χ1n) is 4.40. The highest BCUT2D eigenvalue weighted by molar-refractivity contribution is 9.10. The molecule has 0 saturated heterocycles. The van der Waals surface area contributed by atoms with Gasteiger partial charge in [-0.1, -0.05) is 50.7 Å². The molecule has 1 heterocycles. The van der Waals surface area contributed by atoms with Crippen LogP contribution in [0.4, 0.5) is 0 Å². The van der Waals surface area contributed by atoms with Gasteiger partial charge >= 0.3 is 0 Å². The second-order valence-corrected chi connectivity index (χ2v) is 5.14. The van der Waals surface area contributed by atoms with E-state index in [0.29, 0.717) is 5.69 Å². The van der Waals surface area contributed by atoms with E-state index in [-0.39, 0.29) is 15.2 Å². The van der Waals surface area contributed by atoms with Crippen LogP contribution < -0.4 is 5.56 Å². The lowest BCUT2D eigenvalue weighted by molar-refractivity contribution is 0.808. The third-order valence-electron chi connectivity index (χ3n) is 2.01. The summed E-state index contributed by atoms with van der Waals surface area (Å²) in [4.78, 5) is 11.8. The Hall–Kier alpha value is -0.550. The second-order valence-electron chi connectivity index (χ2n) is 3.11. The molecule has 0 spiro atoms. The van der Waals surface area contributed by atoms with Crippen molar-refractivity contribution < 1.29 is 0 Å². The Balaban J connectivity index is 2.68. The topological polar surface area (TPSA) is 34.9 Å². The van der Waals surface area contributed by atoms with Gasteiger partial charge in [0.15, 0.2) is 5.15 Å². The van der Waals surface area contributed by atoms with Crippen LogP contribution in [-0.4, -0.2) is 9.78 Å². The third kappa shape index (κ3) is 2.50. The monoisotopic (exact) mass is 352 g/mol. The van der Waals surface area contributed by atoms with Crippen molar-refractivity contribution in [3.8, 4) is 5.69 Å². The lowest BCUT2D eigenvalue weighted by Crippen LogP contribution is -2.22. The van der Waals surface area contributed by atoms with Crippen molar-refractivity contribution in [2.45, 2.75) is 0 Å². The van der Waals surface area contributed by atoms with E-state index in [2.05, 4.69) is 21.0 Å². The van der Waals surface area contributed by atoms with Crippen molar-refractivity contribution in [2.75, 3.05) is 0 Å². The van der Waals surface area contributed by atoms with Crippen LogP contribution in [0.3, 0.4) is 0 Å². The predicted molar refractivity (Wildman–Crippen MR) is 72.6 cm³/mol. The van der Waals surface area contributed by atoms with Gasteiger partial charge < -0.3 is 0 Å². The lowest BCUT2D eigenvalue weighted by atomic mass is 10.3. The molecule has 0 N–H and O–H groups in total. The minimum atomic E-state index is -0.511. The van der Waals surface area contributed by atoms with Crippen LogP contribution in [-0.2, 0) is 0 Å². The molecule has 88 valence electrons. The van der Waals surface area contributed by atoms with Gasteiger partial charge in [0.25, 0.3) is 5.56 Å². The molecule has 2 rings (SSSR count). The molecule has 7 heteroatoms. The van der Waals surface area contributed by atoms with Crippen LogP contribution >= 0.6 is 50.7 Å². The Labute approximate surface area is 120 Å². The highest BCUT2D eigenvalue weighted by Gasteiger charge is 2.13. The summed E-state index contributed by atoms with van der Waals surface area (Å²) >= 11 is 20.6. The molecule has 0 bridgehead atoms. The molecule has 0 saturated carbocycles. The summed E-state index contributed by atoms with van der Waals surface area (Å²) in [6.45, 7) is 0. The minimum Gasteiger partial charge on any atom is -0.266 e. The van der Waals surface area contributed by atoms with Crippen molar-refractivity contribution >= 4 is 50.7 Å². The van der Waals surface area contributed by atoms with Gasteiger partial charge in [-0.15, -0.1) is 0 Å². The summed E-state index contributed by atoms with van der Waals surface area (Å²) in [6, 6.07) is 6.97. The molecule has 0 aliphatic carbocycles. The number of aromatic nitrogens is 2. The Morgan fingerprint density at radius 3 is 2.24 bits per heavy atom. The maximum Gasteiger partial charge on any atom is 0.291 e. The quantitative estimate of drug-likeness (QED) is 0.777. The molecule has 0 amide bonds. The van der Waals surface area contributed by atoms with Gasteiger partial charge in [0, 0.05) is 4.47 Å². The van der Waals surface area contributed by atoms with E-state index in [1.54, 1.807) is 24.3 Å². The van der Waals surface area contributed by atoms with E-state index in [9.17, 15) is 4.79 Å². The van der Waals surface area contributed by atoms with Gasteiger partial charge in [0.1, 0.15) is 10.0 Å². The Kier molecular flexibility index (Phi) is 3.78. The third-order valence-corrected chi connectivity index (χ3v) is 3.72. The molecule has 2 aromatic rings. The first-order chi connectivity index (χ1) is 8.00. The van der Waals surface area contributed by atoms with Gasteiger partial charge in [-0.05, 0) is 24.3 Å². The molecule has 0 radical (unpaired) electrons. The summed E-state index contributed by atoms with van der Waals surface area (Å²) in [6.07, 6.45) is 0. The molecular formula is C10H4BrCl3N2O. The molecule has 0 aliphatic rings. The van der Waals surface area contributed by atoms with Gasteiger partial charge in [0.2, 0.25) is 0 Å². The summed E-state index contributed by atoms with van der Waals surface area (Å²) in [5, 5.41) is 3.68. The van der Waals surface area contributed by atoms with E-state index in [0.717, 1.165) is 9.15 Å². The zero-order valence-electron chi connectivity index (χ0n) is 8.12. The minimum absolute atomic E-state index is 0.0146. The molecule has 0 atom stereocenters. The Bertz CT molecular complexity index is 625. The normalized spacial score (nSPS) is 10.6. The molecular weight excluding hydrogens is 350 g/mol. The van der Waals surface area contributed by atoms with E-state index in [1.807, 2.05) is 0 Å². The average Bonchev–Trinajstić information content (AvgIpc) is 2.32. The number of hydrogen-bond acceptors (Lipinski definition) is 2. The van der Waals surface area contributed by atoms with Crippen LogP contribution in [0, 0.1) is 0 Å². The largest absolute Gasteiger partial charge is 0.291 e. The molecule has 0 fully saturated rings. The predicted octanol–water partition coefficient (Wildman–Crippen LogP) is 3.96. The average molecular weight is 354 g/mol. The first-order valence-corrected chi connectivity index (χ1v) is 6.33. The zero-order chi connectivity index (χ0) is 12.6. The van der Waals surface area contributed by atoms with Gasteiger partial charge in [-0.2, -0.15) is 9.78 Å². The van der Waals surface area contributed by atoms with Gasteiger partial charge in [-0.25, -0.2) is 0 Å². The summed E-state index contributed by atoms with van der Waals surface area (Å²) in [5.41, 5.74) is 0.0436. The maximum atomic E-state index is 11.8. The number of rotatable bonds is 1. The molecule has 1 aromatic carbocycles. The maximum absolute atomic E-state index is 11.8. The highest BCUT2D eigenvalue weighted by atomic mass is 79.9. The van der Waals surface area contributed by atoms with Gasteiger partial charge in [0.05, 0.1) is 5.69 Å². The highest BCUT2D eigenvalue weighted by Crippen LogP contribution is 2.25. The molecule has 17 heavy (non-hydrogen) atoms. The van der Waals surface area contributed by atoms with E-state index in [4.69, 9.17) is 34.8 Å². The fourth-order valence-electron chi connectivity index (χ4n) is 1.21. The first kappa shape index (κ1) is 12.9. The van der Waals surface area contributed by atoms with Crippen molar-refractivity contribution in [3.63, 3.8) is 0 Å². The fraction of sp³-hybridized carbons (Fsp3) is 0. The Morgan fingerprint density at radius 2 is 1.65 bits per heavy atom. The van der Waals surface area contributed by atoms with Crippen molar-refractivity contribution in [2.24, 2.45) is 0 Å². The van der Waals surface area contributed by atoms with Gasteiger partial charge in [-0.3, -0.25) is 4.79 Å². The number of halogens is 4. The molecule has 1 aromatic heterocycles. The fourth-order valence-corrected chi connectivity index (χ4v) is 1.98. The summed E-state index contributed by atoms with van der Waals surface area (Å²) in [7, 11) is 0.